The monoisotopic (exact) mass is 516 g/mol. The molecule has 1 aromatic heterocycles. The number of carbonyl (C=O) groups is 1. The van der Waals surface area contributed by atoms with Gasteiger partial charge in [0.15, 0.2) is 5.13 Å². The molecule has 0 N–H and O–H groups in total. The maximum atomic E-state index is 13.6. The van der Waals surface area contributed by atoms with E-state index >= 15 is 0 Å². The summed E-state index contributed by atoms with van der Waals surface area (Å²) in [5.74, 6) is 0.383. The quantitative estimate of drug-likeness (QED) is 0.455. The zero-order valence-corrected chi connectivity index (χ0v) is 22.2. The van der Waals surface area contributed by atoms with E-state index in [0.717, 1.165) is 15.8 Å². The van der Waals surface area contributed by atoms with Crippen molar-refractivity contribution in [2.75, 3.05) is 52.3 Å². The summed E-state index contributed by atoms with van der Waals surface area (Å²) >= 11 is 1.53. The zero-order chi connectivity index (χ0) is 25.2. The van der Waals surface area contributed by atoms with Gasteiger partial charge in [-0.1, -0.05) is 17.4 Å². The number of anilines is 1. The van der Waals surface area contributed by atoms with Gasteiger partial charge in [-0.25, -0.2) is 13.4 Å². The summed E-state index contributed by atoms with van der Waals surface area (Å²) in [4.78, 5) is 22.5. The highest BCUT2D eigenvalue weighted by Gasteiger charge is 2.35. The van der Waals surface area contributed by atoms with Crippen molar-refractivity contribution in [3.8, 4) is 5.75 Å². The summed E-state index contributed by atoms with van der Waals surface area (Å²) in [5.41, 5.74) is 2.04. The second-order valence-corrected chi connectivity index (χ2v) is 12.1. The zero-order valence-electron chi connectivity index (χ0n) is 20.6. The van der Waals surface area contributed by atoms with E-state index in [1.54, 1.807) is 36.3 Å². The minimum absolute atomic E-state index is 0.0177. The molecule has 1 fully saturated rings. The highest BCUT2D eigenvalue weighted by atomic mass is 32.2. The smallest absolute Gasteiger partial charge is 0.243 e. The number of aromatic nitrogens is 1. The molecule has 0 saturated carbocycles. The van der Waals surface area contributed by atoms with E-state index < -0.39 is 10.0 Å². The number of sulfonamides is 1. The van der Waals surface area contributed by atoms with Gasteiger partial charge in [-0.15, -0.1) is 0 Å². The van der Waals surface area contributed by atoms with Crippen LogP contribution in [0.15, 0.2) is 47.4 Å². The normalized spacial score (nSPS) is 15.6. The van der Waals surface area contributed by atoms with Crippen molar-refractivity contribution in [1.82, 2.24) is 14.2 Å². The molecule has 10 heteroatoms. The minimum Gasteiger partial charge on any atom is -0.497 e. The van der Waals surface area contributed by atoms with Crippen molar-refractivity contribution in [3.63, 3.8) is 0 Å². The van der Waals surface area contributed by atoms with Gasteiger partial charge in [0.2, 0.25) is 15.9 Å². The lowest BCUT2D eigenvalue weighted by atomic mass is 9.96. The fraction of sp³-hybridized carbons (Fsp3) is 0.440. The first-order valence-corrected chi connectivity index (χ1v) is 13.9. The molecule has 0 spiro atoms. The maximum absolute atomic E-state index is 13.6. The molecule has 0 bridgehead atoms. The van der Waals surface area contributed by atoms with Crippen molar-refractivity contribution in [1.29, 1.82) is 0 Å². The summed E-state index contributed by atoms with van der Waals surface area (Å²) < 4.78 is 33.9. The predicted octanol–water partition coefficient (Wildman–Crippen LogP) is 3.61. The molecule has 2 heterocycles. The highest BCUT2D eigenvalue weighted by molar-refractivity contribution is 7.89. The number of nitrogens with zero attached hydrogens (tertiary/aromatic N) is 4. The van der Waals surface area contributed by atoms with Gasteiger partial charge in [-0.05, 0) is 75.8 Å². The van der Waals surface area contributed by atoms with Crippen LogP contribution in [0.5, 0.6) is 5.75 Å². The van der Waals surface area contributed by atoms with Crippen LogP contribution in [0.25, 0.3) is 10.2 Å². The maximum Gasteiger partial charge on any atom is 0.243 e. The van der Waals surface area contributed by atoms with Gasteiger partial charge >= 0.3 is 0 Å². The molecule has 1 saturated heterocycles. The Balaban J connectivity index is 1.49. The molecule has 0 unspecified atom stereocenters. The van der Waals surface area contributed by atoms with Gasteiger partial charge < -0.3 is 9.64 Å². The van der Waals surface area contributed by atoms with Gasteiger partial charge in [-0.3, -0.25) is 9.69 Å². The first kappa shape index (κ1) is 25.6. The largest absolute Gasteiger partial charge is 0.497 e. The Morgan fingerprint density at radius 2 is 1.80 bits per heavy atom. The second-order valence-electron chi connectivity index (χ2n) is 9.11. The molecular weight excluding hydrogens is 484 g/mol. The Morgan fingerprint density at radius 1 is 1.11 bits per heavy atom. The fourth-order valence-electron chi connectivity index (χ4n) is 4.20. The number of benzene rings is 2. The van der Waals surface area contributed by atoms with E-state index in [-0.39, 0.29) is 16.7 Å². The molecule has 4 rings (SSSR count). The number of likely N-dealkylation sites (N-methyl/N-ethyl adjacent to an activating group) is 1. The molecule has 0 aliphatic carbocycles. The van der Waals surface area contributed by atoms with Crippen molar-refractivity contribution < 1.29 is 17.9 Å². The summed E-state index contributed by atoms with van der Waals surface area (Å²) in [6, 6.07) is 12.5. The third-order valence-electron chi connectivity index (χ3n) is 6.30. The Morgan fingerprint density at radius 3 is 2.43 bits per heavy atom. The highest BCUT2D eigenvalue weighted by Crippen LogP contribution is 2.32. The average molecular weight is 517 g/mol. The van der Waals surface area contributed by atoms with Crippen LogP contribution in [-0.2, 0) is 14.8 Å². The number of thiazole rings is 1. The lowest BCUT2D eigenvalue weighted by Gasteiger charge is -2.33. The summed E-state index contributed by atoms with van der Waals surface area (Å²) in [6.45, 7) is 3.92. The molecule has 0 radical (unpaired) electrons. The van der Waals surface area contributed by atoms with Crippen LogP contribution in [-0.4, -0.2) is 75.9 Å². The van der Waals surface area contributed by atoms with Crippen LogP contribution in [0.2, 0.25) is 0 Å². The van der Waals surface area contributed by atoms with E-state index in [4.69, 9.17) is 9.72 Å². The van der Waals surface area contributed by atoms with Gasteiger partial charge in [0.05, 0.1) is 22.2 Å². The Labute approximate surface area is 211 Å². The van der Waals surface area contributed by atoms with E-state index in [2.05, 4.69) is 6.07 Å². The van der Waals surface area contributed by atoms with Gasteiger partial charge in [-0.2, -0.15) is 4.31 Å². The van der Waals surface area contributed by atoms with Crippen molar-refractivity contribution in [2.45, 2.75) is 24.7 Å². The number of amides is 1. The first-order chi connectivity index (χ1) is 16.7. The van der Waals surface area contributed by atoms with E-state index in [9.17, 15) is 13.2 Å². The molecule has 2 aromatic carbocycles. The number of hydrogen-bond donors (Lipinski definition) is 0. The summed E-state index contributed by atoms with van der Waals surface area (Å²) in [6.07, 6.45) is 0.966. The van der Waals surface area contributed by atoms with Crippen LogP contribution in [0.3, 0.4) is 0 Å². The topological polar surface area (TPSA) is 83.0 Å². The van der Waals surface area contributed by atoms with Crippen LogP contribution >= 0.6 is 11.3 Å². The standard InChI is InChI=1S/C25H32N4O4S2/c1-18-5-10-22-23(17-18)34-25(26-22)29(16-15-27(2)3)24(30)19-11-13-28(14-12-19)35(31,32)21-8-6-20(33-4)7-9-21/h5-10,17,19H,11-16H2,1-4H3. The average Bonchev–Trinajstić information content (AvgIpc) is 3.26. The lowest BCUT2D eigenvalue weighted by molar-refractivity contribution is -0.123. The Hall–Kier alpha value is -2.53. The minimum atomic E-state index is -3.62. The molecule has 35 heavy (non-hydrogen) atoms. The first-order valence-electron chi connectivity index (χ1n) is 11.7. The number of piperidine rings is 1. The Bertz CT molecular complexity index is 1280. The summed E-state index contributed by atoms with van der Waals surface area (Å²) in [7, 11) is 1.89. The predicted molar refractivity (Wildman–Crippen MR) is 140 cm³/mol. The van der Waals surface area contributed by atoms with E-state index in [1.807, 2.05) is 38.1 Å². The van der Waals surface area contributed by atoms with E-state index in [1.165, 1.54) is 15.6 Å². The molecule has 1 aliphatic rings. The SMILES string of the molecule is COc1ccc(S(=O)(=O)N2CCC(C(=O)N(CCN(C)C)c3nc4ccc(C)cc4s3)CC2)cc1. The summed E-state index contributed by atoms with van der Waals surface area (Å²) in [5, 5.41) is 0.700. The van der Waals surface area contributed by atoms with Crippen LogP contribution < -0.4 is 9.64 Å². The van der Waals surface area contributed by atoms with Crippen molar-refractivity contribution in [2.24, 2.45) is 5.92 Å². The van der Waals surface area contributed by atoms with Gasteiger partial charge in [0.25, 0.3) is 0 Å². The number of fused-ring (bicyclic) bond motifs is 1. The number of carbonyl (C=O) groups excluding carboxylic acids is 1. The van der Waals surface area contributed by atoms with Crippen molar-refractivity contribution in [3.05, 3.63) is 48.0 Å². The molecular formula is C25H32N4O4S2. The number of aryl methyl sites for hydroxylation is 1. The molecule has 1 aliphatic heterocycles. The molecule has 188 valence electrons. The van der Waals surface area contributed by atoms with Crippen LogP contribution in [0.1, 0.15) is 18.4 Å². The van der Waals surface area contributed by atoms with Crippen molar-refractivity contribution >= 4 is 42.6 Å². The second kappa shape index (κ2) is 10.6. The third-order valence-corrected chi connectivity index (χ3v) is 9.25. The number of ether oxygens (including phenoxy) is 1. The van der Waals surface area contributed by atoms with Gasteiger partial charge in [0, 0.05) is 32.1 Å². The van der Waals surface area contributed by atoms with Crippen LogP contribution in [0, 0.1) is 12.8 Å². The molecule has 8 nitrogen and oxygen atoms in total. The molecule has 3 aromatic rings. The molecule has 1 amide bonds. The number of methoxy groups -OCH3 is 1. The number of rotatable bonds is 8. The van der Waals surface area contributed by atoms with E-state index in [0.29, 0.717) is 49.9 Å². The molecule has 0 atom stereocenters. The Kier molecular flexibility index (Phi) is 7.75. The number of hydrogen-bond acceptors (Lipinski definition) is 7. The fourth-order valence-corrected chi connectivity index (χ4v) is 6.76. The van der Waals surface area contributed by atoms with Gasteiger partial charge in [0.1, 0.15) is 5.75 Å². The van der Waals surface area contributed by atoms with Crippen LogP contribution in [0.4, 0.5) is 5.13 Å². The lowest BCUT2D eigenvalue weighted by Crippen LogP contribution is -2.46. The third kappa shape index (κ3) is 5.66.